The van der Waals surface area contributed by atoms with Crippen LogP contribution in [0.15, 0.2) is 76.0 Å². The Bertz CT molecular complexity index is 1100. The van der Waals surface area contributed by atoms with Crippen LogP contribution in [0.4, 0.5) is 5.69 Å². The maximum atomic E-state index is 13.0. The lowest BCUT2D eigenvalue weighted by Gasteiger charge is -2.32. The zero-order valence-corrected chi connectivity index (χ0v) is 16.4. The largest absolute Gasteiger partial charge is 0.455 e. The van der Waals surface area contributed by atoms with Crippen molar-refractivity contribution in [2.24, 2.45) is 0 Å². The van der Waals surface area contributed by atoms with Gasteiger partial charge in [-0.05, 0) is 48.2 Å². The van der Waals surface area contributed by atoms with E-state index in [1.165, 1.54) is 0 Å². The molecular weight excluding hydrogens is 374 g/mol. The zero-order chi connectivity index (χ0) is 19.7. The highest BCUT2D eigenvalue weighted by Gasteiger charge is 2.29. The highest BCUT2D eigenvalue weighted by molar-refractivity contribution is 7.90. The van der Waals surface area contributed by atoms with E-state index in [1.807, 2.05) is 24.3 Å². The van der Waals surface area contributed by atoms with E-state index in [1.54, 1.807) is 47.4 Å². The Labute approximate surface area is 164 Å². The van der Waals surface area contributed by atoms with Crippen LogP contribution in [0.3, 0.4) is 0 Å². The first kappa shape index (κ1) is 18.5. The molecule has 0 radical (unpaired) electrons. The molecule has 144 valence electrons. The van der Waals surface area contributed by atoms with E-state index in [0.29, 0.717) is 12.5 Å². The van der Waals surface area contributed by atoms with Gasteiger partial charge in [0.15, 0.2) is 15.6 Å². The van der Waals surface area contributed by atoms with Crippen molar-refractivity contribution in [3.63, 3.8) is 0 Å². The van der Waals surface area contributed by atoms with Gasteiger partial charge in [-0.15, -0.1) is 0 Å². The van der Waals surface area contributed by atoms with E-state index in [2.05, 4.69) is 6.92 Å². The summed E-state index contributed by atoms with van der Waals surface area (Å²) in [6.45, 7) is 2.76. The summed E-state index contributed by atoms with van der Waals surface area (Å²) in [5.41, 5.74) is 2.03. The number of para-hydroxylation sites is 1. The van der Waals surface area contributed by atoms with Gasteiger partial charge in [-0.25, -0.2) is 8.42 Å². The molecule has 0 spiro atoms. The molecule has 0 saturated heterocycles. The molecular formula is C22H21NO4S. The van der Waals surface area contributed by atoms with E-state index >= 15 is 0 Å². The summed E-state index contributed by atoms with van der Waals surface area (Å²) in [5.74, 6) is 0.275. The Hall–Kier alpha value is -2.86. The summed E-state index contributed by atoms with van der Waals surface area (Å²) in [7, 11) is -3.53. The quantitative estimate of drug-likeness (QED) is 0.656. The molecule has 2 aromatic carbocycles. The van der Waals surface area contributed by atoms with Crippen LogP contribution in [-0.2, 0) is 15.6 Å². The first-order valence-corrected chi connectivity index (χ1v) is 10.9. The predicted molar refractivity (Wildman–Crippen MR) is 107 cm³/mol. The van der Waals surface area contributed by atoms with Crippen molar-refractivity contribution >= 4 is 21.4 Å². The Morgan fingerprint density at radius 1 is 1.04 bits per heavy atom. The van der Waals surface area contributed by atoms with Gasteiger partial charge in [-0.2, -0.15) is 0 Å². The summed E-state index contributed by atoms with van der Waals surface area (Å²) in [6.07, 6.45) is 0.874. The zero-order valence-electron chi connectivity index (χ0n) is 15.5. The van der Waals surface area contributed by atoms with Gasteiger partial charge in [0.05, 0.1) is 4.90 Å². The number of rotatable bonds is 4. The monoisotopic (exact) mass is 395 g/mol. The molecule has 1 aliphatic heterocycles. The third-order valence-electron chi connectivity index (χ3n) is 5.10. The van der Waals surface area contributed by atoms with Crippen molar-refractivity contribution in [2.75, 3.05) is 11.4 Å². The molecule has 1 aromatic heterocycles. The summed E-state index contributed by atoms with van der Waals surface area (Å²) in [5, 5.41) is 0. The van der Waals surface area contributed by atoms with Gasteiger partial charge in [-0.3, -0.25) is 4.79 Å². The van der Waals surface area contributed by atoms with Gasteiger partial charge < -0.3 is 9.32 Å². The summed E-state index contributed by atoms with van der Waals surface area (Å²) >= 11 is 0. The van der Waals surface area contributed by atoms with Crippen LogP contribution in [0.5, 0.6) is 0 Å². The van der Waals surface area contributed by atoms with Crippen molar-refractivity contribution < 1.29 is 17.6 Å². The molecule has 1 amide bonds. The van der Waals surface area contributed by atoms with Crippen LogP contribution < -0.4 is 4.90 Å². The van der Waals surface area contributed by atoms with Crippen LogP contribution >= 0.6 is 0 Å². The molecule has 6 heteroatoms. The van der Waals surface area contributed by atoms with Crippen LogP contribution in [-0.4, -0.2) is 20.9 Å². The number of nitrogens with zero attached hydrogens (tertiary/aromatic N) is 1. The molecule has 1 aliphatic rings. The minimum atomic E-state index is -3.53. The molecule has 5 nitrogen and oxygen atoms in total. The standard InChI is InChI=1S/C22H21NO4S/c1-16-13-14-23(20-10-6-5-9-19(16)20)22(24)21-12-11-17(27-21)15-28(25,26)18-7-3-2-4-8-18/h2-12,16H,13-15H2,1H3. The molecule has 0 N–H and O–H groups in total. The number of furan rings is 1. The normalized spacial score (nSPS) is 16.6. The van der Waals surface area contributed by atoms with Gasteiger partial charge in [0.1, 0.15) is 11.5 Å². The molecule has 0 bridgehead atoms. The summed E-state index contributed by atoms with van der Waals surface area (Å²) < 4.78 is 30.7. The molecule has 1 atom stereocenters. The van der Waals surface area contributed by atoms with Crippen molar-refractivity contribution in [3.05, 3.63) is 83.8 Å². The maximum Gasteiger partial charge on any atom is 0.293 e. The highest BCUT2D eigenvalue weighted by atomic mass is 32.2. The Balaban J connectivity index is 1.57. The van der Waals surface area contributed by atoms with Crippen molar-refractivity contribution in [3.8, 4) is 0 Å². The Morgan fingerprint density at radius 3 is 2.54 bits per heavy atom. The molecule has 1 unspecified atom stereocenters. The third kappa shape index (κ3) is 3.47. The molecule has 0 fully saturated rings. The van der Waals surface area contributed by atoms with Gasteiger partial charge in [-0.1, -0.05) is 43.3 Å². The number of amides is 1. The molecule has 4 rings (SSSR count). The van der Waals surface area contributed by atoms with E-state index in [-0.39, 0.29) is 28.1 Å². The van der Waals surface area contributed by atoms with Gasteiger partial charge in [0.25, 0.3) is 5.91 Å². The first-order chi connectivity index (χ1) is 13.5. The molecule has 28 heavy (non-hydrogen) atoms. The lowest BCUT2D eigenvalue weighted by molar-refractivity contribution is 0.0956. The maximum absolute atomic E-state index is 13.0. The average Bonchev–Trinajstić information content (AvgIpc) is 3.16. The van der Waals surface area contributed by atoms with Gasteiger partial charge in [0.2, 0.25) is 0 Å². The molecule has 3 aromatic rings. The number of hydrogen-bond acceptors (Lipinski definition) is 4. The summed E-state index contributed by atoms with van der Waals surface area (Å²) in [6, 6.07) is 19.2. The van der Waals surface area contributed by atoms with Crippen molar-refractivity contribution in [1.29, 1.82) is 0 Å². The first-order valence-electron chi connectivity index (χ1n) is 9.23. The van der Waals surface area contributed by atoms with E-state index in [0.717, 1.165) is 17.7 Å². The lowest BCUT2D eigenvalue weighted by atomic mass is 9.91. The van der Waals surface area contributed by atoms with Crippen molar-refractivity contribution in [2.45, 2.75) is 29.9 Å². The van der Waals surface area contributed by atoms with Gasteiger partial charge in [0, 0.05) is 12.2 Å². The van der Waals surface area contributed by atoms with Gasteiger partial charge >= 0.3 is 0 Å². The highest BCUT2D eigenvalue weighted by Crippen LogP contribution is 2.35. The number of hydrogen-bond donors (Lipinski definition) is 0. The number of carbonyl (C=O) groups excluding carboxylic acids is 1. The van der Waals surface area contributed by atoms with E-state index in [4.69, 9.17) is 4.42 Å². The number of benzene rings is 2. The van der Waals surface area contributed by atoms with Crippen LogP contribution in [0.1, 0.15) is 41.1 Å². The van der Waals surface area contributed by atoms with E-state index in [9.17, 15) is 13.2 Å². The second-order valence-corrected chi connectivity index (χ2v) is 9.03. The van der Waals surface area contributed by atoms with Crippen molar-refractivity contribution in [1.82, 2.24) is 0 Å². The molecule has 2 heterocycles. The number of sulfone groups is 1. The van der Waals surface area contributed by atoms with Crippen LogP contribution in [0, 0.1) is 0 Å². The van der Waals surface area contributed by atoms with E-state index < -0.39 is 9.84 Å². The SMILES string of the molecule is CC1CCN(C(=O)c2ccc(CS(=O)(=O)c3ccccc3)o2)c2ccccc21. The lowest BCUT2D eigenvalue weighted by Crippen LogP contribution is -2.36. The number of carbonyl (C=O) groups is 1. The third-order valence-corrected chi connectivity index (χ3v) is 6.75. The fourth-order valence-electron chi connectivity index (χ4n) is 3.56. The fraction of sp³-hybridized carbons (Fsp3) is 0.227. The minimum absolute atomic E-state index is 0.155. The minimum Gasteiger partial charge on any atom is -0.455 e. The Kier molecular flexibility index (Phi) is 4.81. The Morgan fingerprint density at radius 2 is 1.75 bits per heavy atom. The molecule has 0 aliphatic carbocycles. The summed E-state index contributed by atoms with van der Waals surface area (Å²) in [4.78, 5) is 14.9. The second-order valence-electron chi connectivity index (χ2n) is 7.04. The molecule has 0 saturated carbocycles. The van der Waals surface area contributed by atoms with Crippen LogP contribution in [0.25, 0.3) is 0 Å². The second kappa shape index (κ2) is 7.28. The predicted octanol–water partition coefficient (Wildman–Crippen LogP) is 4.41. The number of anilines is 1. The number of fused-ring (bicyclic) bond motifs is 1. The fourth-order valence-corrected chi connectivity index (χ4v) is 4.83. The average molecular weight is 395 g/mol. The topological polar surface area (TPSA) is 67.6 Å². The smallest absolute Gasteiger partial charge is 0.293 e. The van der Waals surface area contributed by atoms with Crippen LogP contribution in [0.2, 0.25) is 0 Å².